The molecule has 0 spiro atoms. The molecule has 0 saturated carbocycles. The minimum absolute atomic E-state index is 0.127. The summed E-state index contributed by atoms with van der Waals surface area (Å²) in [5.74, 6) is -0.877. The van der Waals surface area contributed by atoms with E-state index in [4.69, 9.17) is 5.73 Å². The summed E-state index contributed by atoms with van der Waals surface area (Å²) >= 11 is 1.54. The van der Waals surface area contributed by atoms with E-state index in [1.165, 1.54) is 23.9 Å². The lowest BCUT2D eigenvalue weighted by Crippen LogP contribution is -2.16. The Morgan fingerprint density at radius 1 is 1.15 bits per heavy atom. The van der Waals surface area contributed by atoms with Crippen molar-refractivity contribution in [1.82, 2.24) is 0 Å². The van der Waals surface area contributed by atoms with Gasteiger partial charge in [-0.1, -0.05) is 6.07 Å². The van der Waals surface area contributed by atoms with Crippen molar-refractivity contribution in [3.63, 3.8) is 0 Å². The second-order valence-corrected chi connectivity index (χ2v) is 6.49. The van der Waals surface area contributed by atoms with Gasteiger partial charge in [-0.15, -0.1) is 11.8 Å². The van der Waals surface area contributed by atoms with E-state index in [9.17, 15) is 12.8 Å². The Labute approximate surface area is 121 Å². The third kappa shape index (κ3) is 3.05. The molecule has 0 bridgehead atoms. The van der Waals surface area contributed by atoms with Crippen LogP contribution in [0.5, 0.6) is 0 Å². The summed E-state index contributed by atoms with van der Waals surface area (Å²) in [4.78, 5) is 0.465. The normalized spacial score (nSPS) is 11.3. The Balaban J connectivity index is 2.35. The van der Waals surface area contributed by atoms with Gasteiger partial charge in [0.15, 0.2) is 0 Å². The number of nitrogens with two attached hydrogens (primary N) is 1. The Hall–Kier alpha value is -1.73. The summed E-state index contributed by atoms with van der Waals surface area (Å²) < 4.78 is 40.3. The Kier molecular flexibility index (Phi) is 4.20. The highest BCUT2D eigenvalue weighted by molar-refractivity contribution is 7.98. The number of nitrogen functional groups attached to an aromatic ring is 1. The van der Waals surface area contributed by atoms with E-state index in [0.717, 1.165) is 11.0 Å². The van der Waals surface area contributed by atoms with Crippen LogP contribution in [0.25, 0.3) is 0 Å². The SMILES string of the molecule is CSc1ccc(NS(=O)(=O)c2c(N)cccc2F)cc1. The van der Waals surface area contributed by atoms with Gasteiger partial charge in [0.1, 0.15) is 10.7 Å². The monoisotopic (exact) mass is 312 g/mol. The van der Waals surface area contributed by atoms with Crippen molar-refractivity contribution in [3.8, 4) is 0 Å². The minimum atomic E-state index is -4.05. The standard InChI is InChI=1S/C13H13FN2O2S2/c1-19-10-7-5-9(6-8-10)16-20(17,18)13-11(14)3-2-4-12(13)15/h2-8,16H,15H2,1H3. The van der Waals surface area contributed by atoms with E-state index in [1.807, 2.05) is 6.26 Å². The lowest BCUT2D eigenvalue weighted by Gasteiger charge is -2.11. The molecule has 0 atom stereocenters. The van der Waals surface area contributed by atoms with Crippen LogP contribution in [-0.2, 0) is 10.0 Å². The minimum Gasteiger partial charge on any atom is -0.398 e. The largest absolute Gasteiger partial charge is 0.398 e. The molecular formula is C13H13FN2O2S2. The van der Waals surface area contributed by atoms with Crippen LogP contribution >= 0.6 is 11.8 Å². The summed E-state index contributed by atoms with van der Waals surface area (Å²) in [5, 5.41) is 0. The maximum atomic E-state index is 13.7. The smallest absolute Gasteiger partial charge is 0.266 e. The predicted octanol–water partition coefficient (Wildman–Crippen LogP) is 2.93. The quantitative estimate of drug-likeness (QED) is 0.672. The molecule has 0 amide bonds. The number of nitrogens with one attached hydrogen (secondary N) is 1. The first-order valence-corrected chi connectivity index (χ1v) is 8.35. The van der Waals surface area contributed by atoms with Gasteiger partial charge in [0.2, 0.25) is 0 Å². The van der Waals surface area contributed by atoms with Crippen LogP contribution in [0.15, 0.2) is 52.3 Å². The van der Waals surface area contributed by atoms with E-state index in [-0.39, 0.29) is 5.69 Å². The molecule has 4 nitrogen and oxygen atoms in total. The van der Waals surface area contributed by atoms with Crippen molar-refractivity contribution < 1.29 is 12.8 Å². The molecule has 2 rings (SSSR count). The van der Waals surface area contributed by atoms with Gasteiger partial charge in [-0.25, -0.2) is 12.8 Å². The van der Waals surface area contributed by atoms with E-state index >= 15 is 0 Å². The number of halogens is 1. The fourth-order valence-corrected chi connectivity index (χ4v) is 3.33. The van der Waals surface area contributed by atoms with Crippen molar-refractivity contribution in [1.29, 1.82) is 0 Å². The second kappa shape index (κ2) is 5.72. The molecular weight excluding hydrogens is 299 g/mol. The van der Waals surface area contributed by atoms with Crippen LogP contribution in [0, 0.1) is 5.82 Å². The molecule has 0 unspecified atom stereocenters. The first kappa shape index (κ1) is 14.7. The van der Waals surface area contributed by atoms with Crippen molar-refractivity contribution >= 4 is 33.2 Å². The molecule has 2 aromatic rings. The highest BCUT2D eigenvalue weighted by Crippen LogP contribution is 2.25. The molecule has 0 aromatic heterocycles. The van der Waals surface area contributed by atoms with Gasteiger partial charge < -0.3 is 5.73 Å². The predicted molar refractivity (Wildman–Crippen MR) is 79.8 cm³/mol. The molecule has 0 aliphatic heterocycles. The number of hydrogen-bond donors (Lipinski definition) is 2. The number of sulfonamides is 1. The summed E-state index contributed by atoms with van der Waals surface area (Å²) in [6.07, 6.45) is 1.92. The molecule has 0 aliphatic carbocycles. The number of rotatable bonds is 4. The Morgan fingerprint density at radius 2 is 1.80 bits per heavy atom. The third-order valence-electron chi connectivity index (χ3n) is 2.61. The van der Waals surface area contributed by atoms with E-state index in [1.54, 1.807) is 24.3 Å². The number of benzene rings is 2. The third-order valence-corrected chi connectivity index (χ3v) is 4.82. The second-order valence-electron chi connectivity index (χ2n) is 3.99. The first-order chi connectivity index (χ1) is 9.44. The van der Waals surface area contributed by atoms with Gasteiger partial charge in [0, 0.05) is 10.6 Å². The Morgan fingerprint density at radius 3 is 2.35 bits per heavy atom. The summed E-state index contributed by atoms with van der Waals surface area (Å²) in [6, 6.07) is 10.5. The zero-order chi connectivity index (χ0) is 14.8. The lowest BCUT2D eigenvalue weighted by molar-refractivity contribution is 0.572. The van der Waals surface area contributed by atoms with Gasteiger partial charge >= 0.3 is 0 Å². The van der Waals surface area contributed by atoms with E-state index in [0.29, 0.717) is 5.69 Å². The lowest BCUT2D eigenvalue weighted by atomic mass is 10.3. The molecule has 2 aromatic carbocycles. The van der Waals surface area contributed by atoms with Gasteiger partial charge in [-0.3, -0.25) is 4.72 Å². The van der Waals surface area contributed by atoms with Crippen LogP contribution in [0.2, 0.25) is 0 Å². The Bertz CT molecular complexity index is 695. The highest BCUT2D eigenvalue weighted by Gasteiger charge is 2.22. The van der Waals surface area contributed by atoms with E-state index in [2.05, 4.69) is 4.72 Å². The molecule has 7 heteroatoms. The summed E-state index contributed by atoms with van der Waals surface area (Å²) in [5.41, 5.74) is 5.77. The fourth-order valence-electron chi connectivity index (χ4n) is 1.67. The van der Waals surface area contributed by atoms with Gasteiger partial charge in [-0.2, -0.15) is 0 Å². The average Bonchev–Trinajstić information content (AvgIpc) is 2.38. The van der Waals surface area contributed by atoms with Gasteiger partial charge in [-0.05, 0) is 42.7 Å². The molecule has 0 heterocycles. The molecule has 0 saturated heterocycles. The molecule has 106 valence electrons. The van der Waals surface area contributed by atoms with Crippen LogP contribution < -0.4 is 10.5 Å². The zero-order valence-corrected chi connectivity index (χ0v) is 12.3. The van der Waals surface area contributed by atoms with Crippen LogP contribution in [-0.4, -0.2) is 14.7 Å². The molecule has 0 radical (unpaired) electrons. The zero-order valence-electron chi connectivity index (χ0n) is 10.6. The van der Waals surface area contributed by atoms with Crippen LogP contribution in [0.1, 0.15) is 0 Å². The summed E-state index contributed by atoms with van der Waals surface area (Å²) in [7, 11) is -4.05. The number of anilines is 2. The van der Waals surface area contributed by atoms with Gasteiger partial charge in [0.05, 0.1) is 5.69 Å². The molecule has 0 aliphatic rings. The van der Waals surface area contributed by atoms with Crippen molar-refractivity contribution in [2.75, 3.05) is 16.7 Å². The van der Waals surface area contributed by atoms with Crippen molar-refractivity contribution in [3.05, 3.63) is 48.3 Å². The number of hydrogen-bond acceptors (Lipinski definition) is 4. The van der Waals surface area contributed by atoms with Crippen molar-refractivity contribution in [2.45, 2.75) is 9.79 Å². The average molecular weight is 312 g/mol. The van der Waals surface area contributed by atoms with E-state index < -0.39 is 20.7 Å². The molecule has 0 fully saturated rings. The number of thioether (sulfide) groups is 1. The topological polar surface area (TPSA) is 72.2 Å². The van der Waals surface area contributed by atoms with Gasteiger partial charge in [0.25, 0.3) is 10.0 Å². The summed E-state index contributed by atoms with van der Waals surface area (Å²) in [6.45, 7) is 0. The van der Waals surface area contributed by atoms with Crippen molar-refractivity contribution in [2.24, 2.45) is 0 Å². The molecule has 3 N–H and O–H groups in total. The van der Waals surface area contributed by atoms with Crippen LogP contribution in [0.4, 0.5) is 15.8 Å². The maximum Gasteiger partial charge on any atom is 0.266 e. The van der Waals surface area contributed by atoms with Crippen LogP contribution in [0.3, 0.4) is 0 Å². The fraction of sp³-hybridized carbons (Fsp3) is 0.0769. The first-order valence-electron chi connectivity index (χ1n) is 5.65. The maximum absolute atomic E-state index is 13.7. The molecule has 20 heavy (non-hydrogen) atoms. The highest BCUT2D eigenvalue weighted by atomic mass is 32.2.